The summed E-state index contributed by atoms with van der Waals surface area (Å²) in [5, 5.41) is 27.2. The standard InChI is InChI=1S/C50H74O2/c1-5-9-13-17-21-25-39(26-22-18-14-10-6-2)41-29-33-45-43(37-41)31-35-47(51)49(45)50-46-34-30-42(38-44(46)32-36-48(50)52)40(27-23-19-15-11-7-3)28-24-20-16-12-8-4/h29-40,51-52H,5-28H2,1-4H3. The molecule has 4 rings (SSSR count). The van der Waals surface area contributed by atoms with Crippen molar-refractivity contribution >= 4 is 21.5 Å². The number of unbranched alkanes of at least 4 members (excludes halogenated alkanes) is 16. The van der Waals surface area contributed by atoms with Gasteiger partial charge in [-0.2, -0.15) is 0 Å². The lowest BCUT2D eigenvalue weighted by atomic mass is 9.84. The molecule has 0 aromatic heterocycles. The molecule has 2 nitrogen and oxygen atoms in total. The van der Waals surface area contributed by atoms with E-state index in [2.05, 4.69) is 76.2 Å². The van der Waals surface area contributed by atoms with Gasteiger partial charge in [0.15, 0.2) is 0 Å². The highest BCUT2D eigenvalue weighted by Gasteiger charge is 2.20. The molecular weight excluding hydrogens is 633 g/mol. The van der Waals surface area contributed by atoms with Crippen molar-refractivity contribution in [1.29, 1.82) is 0 Å². The Morgan fingerprint density at radius 2 is 0.673 bits per heavy atom. The Morgan fingerprint density at radius 3 is 0.981 bits per heavy atom. The van der Waals surface area contributed by atoms with Crippen LogP contribution in [-0.4, -0.2) is 10.2 Å². The number of phenolic OH excluding ortho intramolecular Hbond substituents is 2. The maximum atomic E-state index is 11.4. The molecule has 4 aromatic rings. The summed E-state index contributed by atoms with van der Waals surface area (Å²) in [5.41, 5.74) is 4.35. The fraction of sp³-hybridized carbons (Fsp3) is 0.600. The zero-order valence-electron chi connectivity index (χ0n) is 33.8. The lowest BCUT2D eigenvalue weighted by Crippen LogP contribution is -2.01. The summed E-state index contributed by atoms with van der Waals surface area (Å²) in [6, 6.07) is 21.7. The monoisotopic (exact) mass is 707 g/mol. The minimum absolute atomic E-state index is 0.229. The van der Waals surface area contributed by atoms with Gasteiger partial charge in [0.1, 0.15) is 11.5 Å². The van der Waals surface area contributed by atoms with Crippen molar-refractivity contribution in [2.75, 3.05) is 0 Å². The lowest BCUT2D eigenvalue weighted by Gasteiger charge is -2.21. The lowest BCUT2D eigenvalue weighted by molar-refractivity contribution is 0.470. The van der Waals surface area contributed by atoms with E-state index in [4.69, 9.17) is 0 Å². The van der Waals surface area contributed by atoms with Gasteiger partial charge in [-0.1, -0.05) is 205 Å². The molecule has 0 bridgehead atoms. The van der Waals surface area contributed by atoms with Crippen molar-refractivity contribution in [3.05, 3.63) is 71.8 Å². The van der Waals surface area contributed by atoms with Crippen molar-refractivity contribution in [3.8, 4) is 22.6 Å². The van der Waals surface area contributed by atoms with Crippen LogP contribution >= 0.6 is 0 Å². The van der Waals surface area contributed by atoms with Crippen LogP contribution in [0.25, 0.3) is 32.7 Å². The quantitative estimate of drug-likeness (QED) is 0.0606. The summed E-state index contributed by atoms with van der Waals surface area (Å²) >= 11 is 0. The molecule has 0 unspecified atom stereocenters. The highest BCUT2D eigenvalue weighted by molar-refractivity contribution is 6.09. The molecule has 0 saturated heterocycles. The topological polar surface area (TPSA) is 40.5 Å². The largest absolute Gasteiger partial charge is 0.507 e. The van der Waals surface area contributed by atoms with Crippen LogP contribution in [-0.2, 0) is 0 Å². The SMILES string of the molecule is CCCCCCCC(CCCCCCC)c1ccc2c(-c3c(O)ccc4cc(C(CCCCCCC)CCCCCCC)ccc34)c(O)ccc2c1. The van der Waals surface area contributed by atoms with Crippen LogP contribution in [0.3, 0.4) is 0 Å². The predicted molar refractivity (Wildman–Crippen MR) is 229 cm³/mol. The summed E-state index contributed by atoms with van der Waals surface area (Å²) in [6.07, 6.45) is 31.3. The van der Waals surface area contributed by atoms with E-state index in [-0.39, 0.29) is 11.5 Å². The first kappa shape index (κ1) is 41.8. The molecule has 0 spiro atoms. The molecule has 0 fully saturated rings. The highest BCUT2D eigenvalue weighted by Crippen LogP contribution is 2.46. The Labute approximate surface area is 318 Å². The third kappa shape index (κ3) is 12.6. The Kier molecular flexibility index (Phi) is 19.0. The van der Waals surface area contributed by atoms with Gasteiger partial charge in [0.05, 0.1) is 0 Å². The Morgan fingerprint density at radius 1 is 0.365 bits per heavy atom. The maximum absolute atomic E-state index is 11.4. The molecule has 0 amide bonds. The van der Waals surface area contributed by atoms with Crippen molar-refractivity contribution in [3.63, 3.8) is 0 Å². The molecule has 0 heterocycles. The average molecular weight is 707 g/mol. The van der Waals surface area contributed by atoms with Gasteiger partial charge >= 0.3 is 0 Å². The zero-order valence-corrected chi connectivity index (χ0v) is 33.8. The van der Waals surface area contributed by atoms with Crippen molar-refractivity contribution in [1.82, 2.24) is 0 Å². The number of phenols is 2. The van der Waals surface area contributed by atoms with Crippen LogP contribution in [0.2, 0.25) is 0 Å². The summed E-state index contributed by atoms with van der Waals surface area (Å²) in [6.45, 7) is 9.16. The predicted octanol–water partition coefficient (Wildman–Crippen LogP) is 16.7. The smallest absolute Gasteiger partial charge is 0.124 e. The second kappa shape index (κ2) is 23.6. The van der Waals surface area contributed by atoms with Gasteiger partial charge in [-0.15, -0.1) is 0 Å². The van der Waals surface area contributed by atoms with Crippen molar-refractivity contribution in [2.24, 2.45) is 0 Å². The third-order valence-corrected chi connectivity index (χ3v) is 11.9. The van der Waals surface area contributed by atoms with Crippen LogP contribution in [0.4, 0.5) is 0 Å². The molecule has 286 valence electrons. The fourth-order valence-corrected chi connectivity index (χ4v) is 8.64. The molecule has 4 aromatic carbocycles. The first-order valence-electron chi connectivity index (χ1n) is 22.0. The molecule has 0 aliphatic heterocycles. The second-order valence-corrected chi connectivity index (χ2v) is 16.1. The minimum atomic E-state index is 0.229. The van der Waals surface area contributed by atoms with Crippen LogP contribution < -0.4 is 0 Å². The van der Waals surface area contributed by atoms with Gasteiger partial charge in [-0.3, -0.25) is 0 Å². The van der Waals surface area contributed by atoms with E-state index < -0.39 is 0 Å². The highest BCUT2D eigenvalue weighted by atomic mass is 16.3. The second-order valence-electron chi connectivity index (χ2n) is 16.1. The number of hydrogen-bond donors (Lipinski definition) is 2. The number of benzene rings is 4. The molecule has 52 heavy (non-hydrogen) atoms. The Bertz CT molecular complexity index is 1440. The van der Waals surface area contributed by atoms with Gasteiger partial charge in [-0.05, 0) is 82.3 Å². The number of hydrogen-bond acceptors (Lipinski definition) is 2. The van der Waals surface area contributed by atoms with Crippen LogP contribution in [0.15, 0.2) is 60.7 Å². The van der Waals surface area contributed by atoms with E-state index in [1.807, 2.05) is 12.1 Å². The van der Waals surface area contributed by atoms with E-state index in [1.165, 1.54) is 165 Å². The molecule has 0 aliphatic carbocycles. The minimum Gasteiger partial charge on any atom is -0.507 e. The maximum Gasteiger partial charge on any atom is 0.124 e. The summed E-state index contributed by atoms with van der Waals surface area (Å²) in [5.74, 6) is 1.60. The zero-order chi connectivity index (χ0) is 37.0. The van der Waals surface area contributed by atoms with Gasteiger partial charge in [-0.25, -0.2) is 0 Å². The van der Waals surface area contributed by atoms with Crippen molar-refractivity contribution < 1.29 is 10.2 Å². The Hall–Kier alpha value is -3.00. The molecule has 0 saturated carbocycles. The summed E-state index contributed by atoms with van der Waals surface area (Å²) in [7, 11) is 0. The van der Waals surface area contributed by atoms with E-state index >= 15 is 0 Å². The first-order chi connectivity index (χ1) is 25.5. The number of fused-ring (bicyclic) bond motifs is 2. The van der Waals surface area contributed by atoms with E-state index in [9.17, 15) is 10.2 Å². The van der Waals surface area contributed by atoms with Crippen LogP contribution in [0, 0.1) is 0 Å². The van der Waals surface area contributed by atoms with Crippen LogP contribution in [0.5, 0.6) is 11.5 Å². The molecule has 0 aliphatic rings. The third-order valence-electron chi connectivity index (χ3n) is 11.9. The van der Waals surface area contributed by atoms with Gasteiger partial charge in [0.25, 0.3) is 0 Å². The first-order valence-corrected chi connectivity index (χ1v) is 22.0. The van der Waals surface area contributed by atoms with Crippen LogP contribution in [0.1, 0.15) is 205 Å². The molecule has 2 N–H and O–H groups in total. The summed E-state index contributed by atoms with van der Waals surface area (Å²) in [4.78, 5) is 0. The number of rotatable bonds is 27. The van der Waals surface area contributed by atoms with Gasteiger partial charge < -0.3 is 10.2 Å². The molecule has 0 atom stereocenters. The van der Waals surface area contributed by atoms with Gasteiger partial charge in [0.2, 0.25) is 0 Å². The van der Waals surface area contributed by atoms with E-state index in [0.29, 0.717) is 11.8 Å². The fourth-order valence-electron chi connectivity index (χ4n) is 8.64. The normalized spacial score (nSPS) is 11.9. The van der Waals surface area contributed by atoms with Gasteiger partial charge in [0, 0.05) is 11.1 Å². The average Bonchev–Trinajstić information content (AvgIpc) is 3.16. The Balaban J connectivity index is 1.64. The number of aromatic hydroxyl groups is 2. The van der Waals surface area contributed by atoms with Crippen molar-refractivity contribution in [2.45, 2.75) is 194 Å². The van der Waals surface area contributed by atoms with E-state index in [1.54, 1.807) is 0 Å². The molecule has 0 radical (unpaired) electrons. The van der Waals surface area contributed by atoms with E-state index in [0.717, 1.165) is 32.7 Å². The summed E-state index contributed by atoms with van der Waals surface area (Å²) < 4.78 is 0. The molecule has 2 heteroatoms. The molecular formula is C50H74O2.